The van der Waals surface area contributed by atoms with Crippen LogP contribution < -0.4 is 10.2 Å². The lowest BCUT2D eigenvalue weighted by molar-refractivity contribution is -0.924. The molecular weight excluding hydrogens is 328 g/mol. The first kappa shape index (κ1) is 16.5. The molecule has 2 atom stereocenters. The van der Waals surface area contributed by atoms with Gasteiger partial charge in [-0.05, 0) is 42.5 Å². The quantitative estimate of drug-likeness (QED) is 0.853. The Hall–Kier alpha value is -1.36. The molecule has 23 heavy (non-hydrogen) atoms. The van der Waals surface area contributed by atoms with Gasteiger partial charge in [0.25, 0.3) is 5.91 Å². The van der Waals surface area contributed by atoms with E-state index in [0.29, 0.717) is 19.1 Å². The van der Waals surface area contributed by atoms with Gasteiger partial charge in [0.05, 0.1) is 6.54 Å². The topological polar surface area (TPSA) is 33.5 Å². The van der Waals surface area contributed by atoms with E-state index in [1.165, 1.54) is 15.3 Å². The summed E-state index contributed by atoms with van der Waals surface area (Å²) in [5.41, 5.74) is 2.57. The molecule has 1 amide bonds. The average molecular weight is 350 g/mol. The summed E-state index contributed by atoms with van der Waals surface area (Å²) in [4.78, 5) is 15.1. The van der Waals surface area contributed by atoms with Gasteiger partial charge in [-0.25, -0.2) is 0 Å². The largest absolute Gasteiger partial charge is 0.351 e. The molecule has 1 unspecified atom stereocenters. The van der Waals surface area contributed by atoms with Crippen molar-refractivity contribution in [2.45, 2.75) is 25.8 Å². The Bertz CT molecular complexity index is 685. The van der Waals surface area contributed by atoms with Gasteiger partial charge in [0, 0.05) is 28.4 Å². The summed E-state index contributed by atoms with van der Waals surface area (Å²) in [5.74, 6) is 0.132. The Morgan fingerprint density at radius 3 is 3.13 bits per heavy atom. The normalized spacial score (nSPS) is 20.1. The van der Waals surface area contributed by atoms with Crippen LogP contribution in [0.15, 0.2) is 35.7 Å². The molecule has 0 radical (unpaired) electrons. The van der Waals surface area contributed by atoms with Gasteiger partial charge in [-0.2, -0.15) is 0 Å². The highest BCUT2D eigenvalue weighted by atomic mass is 35.5. The number of quaternary nitrogens is 1. The highest BCUT2D eigenvalue weighted by Crippen LogP contribution is 2.24. The number of hydrogen-bond acceptors (Lipinski definition) is 2. The maximum Gasteiger partial charge on any atom is 0.275 e. The summed E-state index contributed by atoms with van der Waals surface area (Å²) < 4.78 is 0. The van der Waals surface area contributed by atoms with Crippen LogP contribution in [0, 0.1) is 0 Å². The number of amides is 1. The monoisotopic (exact) mass is 349 g/mol. The van der Waals surface area contributed by atoms with E-state index < -0.39 is 0 Å². The Morgan fingerprint density at radius 1 is 1.43 bits per heavy atom. The van der Waals surface area contributed by atoms with Crippen molar-refractivity contribution in [1.82, 2.24) is 5.32 Å². The number of carbonyl (C=O) groups excluding carboxylic acids is 1. The maximum atomic E-state index is 12.2. The molecule has 3 rings (SSSR count). The Balaban J connectivity index is 1.47. The van der Waals surface area contributed by atoms with Crippen LogP contribution in [0.4, 0.5) is 0 Å². The van der Waals surface area contributed by atoms with Crippen LogP contribution in [0.2, 0.25) is 5.02 Å². The summed E-state index contributed by atoms with van der Waals surface area (Å²) in [6, 6.07) is 10.4. The molecule has 0 saturated carbocycles. The van der Waals surface area contributed by atoms with Crippen LogP contribution in [-0.4, -0.2) is 25.5 Å². The molecule has 0 saturated heterocycles. The zero-order chi connectivity index (χ0) is 16.2. The lowest BCUT2D eigenvalue weighted by atomic mass is 10.0. The predicted octanol–water partition coefficient (Wildman–Crippen LogP) is 2.26. The van der Waals surface area contributed by atoms with Crippen molar-refractivity contribution >= 4 is 28.8 Å². The van der Waals surface area contributed by atoms with E-state index in [0.717, 1.165) is 30.0 Å². The van der Waals surface area contributed by atoms with Gasteiger partial charge in [-0.1, -0.05) is 23.7 Å². The second-order valence-electron chi connectivity index (χ2n) is 6.09. The van der Waals surface area contributed by atoms with Crippen LogP contribution >= 0.6 is 22.9 Å². The van der Waals surface area contributed by atoms with Crippen LogP contribution in [0.1, 0.15) is 29.0 Å². The molecule has 0 spiro atoms. The fraction of sp³-hybridized carbons (Fsp3) is 0.389. The summed E-state index contributed by atoms with van der Waals surface area (Å²) in [6.07, 6.45) is 1.90. The zero-order valence-electron chi connectivity index (χ0n) is 13.3. The van der Waals surface area contributed by atoms with Crippen molar-refractivity contribution in [2.24, 2.45) is 0 Å². The third-order valence-electron chi connectivity index (χ3n) is 4.54. The number of hydrogen-bond donors (Lipinski definition) is 2. The van der Waals surface area contributed by atoms with Crippen molar-refractivity contribution in [2.75, 3.05) is 19.6 Å². The minimum Gasteiger partial charge on any atom is -0.351 e. The van der Waals surface area contributed by atoms with Crippen molar-refractivity contribution in [3.63, 3.8) is 0 Å². The first-order valence-electron chi connectivity index (χ1n) is 8.05. The fourth-order valence-corrected chi connectivity index (χ4v) is 4.39. The first-order chi connectivity index (χ1) is 11.1. The van der Waals surface area contributed by atoms with Crippen LogP contribution in [0.25, 0.3) is 0 Å². The van der Waals surface area contributed by atoms with Gasteiger partial charge in [0.1, 0.15) is 6.04 Å². The Morgan fingerprint density at radius 2 is 2.30 bits per heavy atom. The Kier molecular flexibility index (Phi) is 5.36. The number of halogens is 1. The molecule has 0 bridgehead atoms. The summed E-state index contributed by atoms with van der Waals surface area (Å²) >= 11 is 7.81. The molecule has 0 aliphatic carbocycles. The summed E-state index contributed by atoms with van der Waals surface area (Å²) in [6.45, 7) is 4.46. The number of thiophene rings is 1. The fourth-order valence-electron chi connectivity index (χ4n) is 3.20. The molecule has 1 aromatic carbocycles. The van der Waals surface area contributed by atoms with Gasteiger partial charge >= 0.3 is 0 Å². The Labute approximate surface area is 146 Å². The second-order valence-corrected chi connectivity index (χ2v) is 7.52. The second kappa shape index (κ2) is 7.47. The maximum absolute atomic E-state index is 12.2. The standard InChI is InChI=1S/C18H21ClN2OS/c1-13-16-7-10-23-17(16)6-9-21(13)12-18(22)20-8-5-14-3-2-4-15(19)11-14/h2-4,7,10-11,13H,5-6,8-9,12H2,1H3,(H,20,22)/p+1/t13-/m0/s1. The predicted molar refractivity (Wildman–Crippen MR) is 95.3 cm³/mol. The minimum absolute atomic E-state index is 0.132. The van der Waals surface area contributed by atoms with Crippen LogP contribution in [0.3, 0.4) is 0 Å². The van der Waals surface area contributed by atoms with E-state index in [-0.39, 0.29) is 5.91 Å². The lowest BCUT2D eigenvalue weighted by Gasteiger charge is -2.29. The van der Waals surface area contributed by atoms with E-state index in [1.54, 1.807) is 0 Å². The van der Waals surface area contributed by atoms with Crippen molar-refractivity contribution in [3.8, 4) is 0 Å². The van der Waals surface area contributed by atoms with Crippen molar-refractivity contribution < 1.29 is 9.69 Å². The van der Waals surface area contributed by atoms with E-state index >= 15 is 0 Å². The molecule has 122 valence electrons. The van der Waals surface area contributed by atoms with Crippen LogP contribution in [0.5, 0.6) is 0 Å². The summed E-state index contributed by atoms with van der Waals surface area (Å²) in [5, 5.41) is 5.94. The van der Waals surface area contributed by atoms with Crippen molar-refractivity contribution in [3.05, 3.63) is 56.7 Å². The average Bonchev–Trinajstić information content (AvgIpc) is 3.00. The molecule has 2 heterocycles. The van der Waals surface area contributed by atoms with E-state index in [9.17, 15) is 4.79 Å². The molecular formula is C18H22ClN2OS+. The summed E-state index contributed by atoms with van der Waals surface area (Å²) in [7, 11) is 0. The molecule has 1 aromatic heterocycles. The number of carbonyl (C=O) groups is 1. The smallest absolute Gasteiger partial charge is 0.275 e. The van der Waals surface area contributed by atoms with Gasteiger partial charge in [0.2, 0.25) is 0 Å². The number of nitrogens with one attached hydrogen (secondary N) is 2. The highest BCUT2D eigenvalue weighted by Gasteiger charge is 2.29. The molecule has 1 aliphatic rings. The lowest BCUT2D eigenvalue weighted by Crippen LogP contribution is -3.14. The van der Waals surface area contributed by atoms with Gasteiger partial charge in [-0.3, -0.25) is 4.79 Å². The third-order valence-corrected chi connectivity index (χ3v) is 5.78. The van der Waals surface area contributed by atoms with Crippen molar-refractivity contribution in [1.29, 1.82) is 0 Å². The van der Waals surface area contributed by atoms with E-state index in [2.05, 4.69) is 23.7 Å². The van der Waals surface area contributed by atoms with Gasteiger partial charge < -0.3 is 10.2 Å². The minimum atomic E-state index is 0.132. The zero-order valence-corrected chi connectivity index (χ0v) is 14.8. The molecule has 1 aliphatic heterocycles. The molecule has 3 nitrogen and oxygen atoms in total. The SMILES string of the molecule is C[C@H]1c2ccsc2CC[NH+]1CC(=O)NCCc1cccc(Cl)c1. The third kappa shape index (κ3) is 4.14. The van der Waals surface area contributed by atoms with Gasteiger partial charge in [-0.15, -0.1) is 11.3 Å². The highest BCUT2D eigenvalue weighted by molar-refractivity contribution is 7.10. The first-order valence-corrected chi connectivity index (χ1v) is 9.31. The number of fused-ring (bicyclic) bond motifs is 1. The molecule has 2 aromatic rings. The number of benzene rings is 1. The van der Waals surface area contributed by atoms with Gasteiger partial charge in [0.15, 0.2) is 6.54 Å². The molecule has 5 heteroatoms. The molecule has 2 N–H and O–H groups in total. The van der Waals surface area contributed by atoms with E-state index in [4.69, 9.17) is 11.6 Å². The number of rotatable bonds is 5. The molecule has 0 fully saturated rings. The van der Waals surface area contributed by atoms with E-state index in [1.807, 2.05) is 35.6 Å². The van der Waals surface area contributed by atoms with Crippen LogP contribution in [-0.2, 0) is 17.6 Å².